The minimum absolute atomic E-state index is 0.0997. The number of nitrogens with zero attached hydrogens (tertiary/aromatic N) is 3. The maximum absolute atomic E-state index is 12.0. The van der Waals surface area contributed by atoms with Gasteiger partial charge in [-0.15, -0.1) is 0 Å². The van der Waals surface area contributed by atoms with Crippen LogP contribution in [0.3, 0.4) is 0 Å². The second-order valence-corrected chi connectivity index (χ2v) is 5.25. The summed E-state index contributed by atoms with van der Waals surface area (Å²) in [7, 11) is 3.61. The molecule has 17 heavy (non-hydrogen) atoms. The number of likely N-dealkylation sites (tertiary alicyclic amines) is 1. The van der Waals surface area contributed by atoms with Crippen LogP contribution < -0.4 is 0 Å². The summed E-state index contributed by atoms with van der Waals surface area (Å²) in [5.41, 5.74) is -0.111. The molecular weight excluding hydrogens is 218 g/mol. The van der Waals surface area contributed by atoms with Crippen molar-refractivity contribution >= 4 is 6.03 Å². The van der Waals surface area contributed by atoms with Crippen LogP contribution in [-0.4, -0.2) is 79.8 Å². The van der Waals surface area contributed by atoms with Gasteiger partial charge in [0, 0.05) is 33.7 Å². The summed E-state index contributed by atoms with van der Waals surface area (Å²) < 4.78 is 5.96. The van der Waals surface area contributed by atoms with Gasteiger partial charge in [0.2, 0.25) is 0 Å². The number of rotatable bonds is 1. The fourth-order valence-electron chi connectivity index (χ4n) is 2.74. The van der Waals surface area contributed by atoms with E-state index >= 15 is 0 Å². The number of amides is 2. The molecule has 0 bridgehead atoms. The summed E-state index contributed by atoms with van der Waals surface area (Å²) in [5.74, 6) is 0. The van der Waals surface area contributed by atoms with Crippen LogP contribution in [0.5, 0.6) is 0 Å². The van der Waals surface area contributed by atoms with Crippen LogP contribution in [0.4, 0.5) is 4.79 Å². The molecule has 0 saturated carbocycles. The zero-order chi connectivity index (χ0) is 12.5. The molecule has 2 heterocycles. The molecule has 2 fully saturated rings. The zero-order valence-electron chi connectivity index (χ0n) is 11.1. The first-order chi connectivity index (χ1) is 8.06. The van der Waals surface area contributed by atoms with Crippen LogP contribution in [0.25, 0.3) is 0 Å². The number of carbonyl (C=O) groups excluding carboxylic acids is 1. The summed E-state index contributed by atoms with van der Waals surface area (Å²) >= 11 is 0. The molecule has 0 aliphatic carbocycles. The molecule has 98 valence electrons. The van der Waals surface area contributed by atoms with Crippen molar-refractivity contribution in [3.63, 3.8) is 0 Å². The molecule has 0 N–H and O–H groups in total. The van der Waals surface area contributed by atoms with E-state index in [2.05, 4.69) is 11.8 Å². The number of carbonyl (C=O) groups is 1. The van der Waals surface area contributed by atoms with E-state index in [-0.39, 0.29) is 11.6 Å². The van der Waals surface area contributed by atoms with Gasteiger partial charge in [0.25, 0.3) is 0 Å². The summed E-state index contributed by atoms with van der Waals surface area (Å²) in [6, 6.07) is 0.0997. The molecule has 1 atom stereocenters. The molecular formula is C12H23N3O2. The van der Waals surface area contributed by atoms with Crippen LogP contribution in [0.2, 0.25) is 0 Å². The summed E-state index contributed by atoms with van der Waals surface area (Å²) in [4.78, 5) is 17.9. The van der Waals surface area contributed by atoms with E-state index < -0.39 is 0 Å². The standard InChI is InChI=1S/C12H23N3O2/c1-4-14-6-5-12(9-14)10-15(7-8-17-12)11(16)13(2)3/h4-10H2,1-3H3. The van der Waals surface area contributed by atoms with Gasteiger partial charge in [-0.05, 0) is 13.0 Å². The monoisotopic (exact) mass is 241 g/mol. The number of hydrogen-bond acceptors (Lipinski definition) is 3. The van der Waals surface area contributed by atoms with Crippen LogP contribution in [0.15, 0.2) is 0 Å². The Morgan fingerprint density at radius 1 is 1.35 bits per heavy atom. The van der Waals surface area contributed by atoms with E-state index in [1.807, 2.05) is 4.90 Å². The topological polar surface area (TPSA) is 36.0 Å². The van der Waals surface area contributed by atoms with Crippen molar-refractivity contribution in [1.29, 1.82) is 0 Å². The minimum Gasteiger partial charge on any atom is -0.370 e. The number of urea groups is 1. The highest BCUT2D eigenvalue weighted by Gasteiger charge is 2.43. The first kappa shape index (κ1) is 12.6. The molecule has 2 amide bonds. The van der Waals surface area contributed by atoms with Crippen molar-refractivity contribution < 1.29 is 9.53 Å². The van der Waals surface area contributed by atoms with E-state index in [0.29, 0.717) is 13.2 Å². The molecule has 2 saturated heterocycles. The third-order valence-electron chi connectivity index (χ3n) is 3.74. The van der Waals surface area contributed by atoms with E-state index in [4.69, 9.17) is 4.74 Å². The second kappa shape index (κ2) is 4.82. The summed E-state index contributed by atoms with van der Waals surface area (Å²) in [6.07, 6.45) is 1.04. The Hall–Kier alpha value is -0.810. The molecule has 0 aromatic rings. The van der Waals surface area contributed by atoms with Gasteiger partial charge in [0.05, 0.1) is 18.8 Å². The Morgan fingerprint density at radius 2 is 2.12 bits per heavy atom. The molecule has 2 rings (SSSR count). The van der Waals surface area contributed by atoms with E-state index in [1.54, 1.807) is 19.0 Å². The lowest BCUT2D eigenvalue weighted by molar-refractivity contribution is -0.0910. The molecule has 2 aliphatic heterocycles. The van der Waals surface area contributed by atoms with Gasteiger partial charge < -0.3 is 19.4 Å². The molecule has 0 aromatic heterocycles. The SMILES string of the molecule is CCN1CCC2(C1)CN(C(=O)N(C)C)CCO2. The molecule has 0 radical (unpaired) electrons. The fourth-order valence-corrected chi connectivity index (χ4v) is 2.74. The van der Waals surface area contributed by atoms with Gasteiger partial charge in [0.1, 0.15) is 0 Å². The molecule has 0 aromatic carbocycles. The first-order valence-electron chi connectivity index (χ1n) is 6.39. The van der Waals surface area contributed by atoms with Gasteiger partial charge in [-0.3, -0.25) is 0 Å². The van der Waals surface area contributed by atoms with Gasteiger partial charge in [0.15, 0.2) is 0 Å². The highest BCUT2D eigenvalue weighted by molar-refractivity contribution is 5.74. The smallest absolute Gasteiger partial charge is 0.319 e. The van der Waals surface area contributed by atoms with Crippen molar-refractivity contribution in [2.45, 2.75) is 18.9 Å². The van der Waals surface area contributed by atoms with Crippen molar-refractivity contribution in [1.82, 2.24) is 14.7 Å². The van der Waals surface area contributed by atoms with E-state index in [9.17, 15) is 4.79 Å². The number of likely N-dealkylation sites (N-methyl/N-ethyl adjacent to an activating group) is 1. The third kappa shape index (κ3) is 2.55. The highest BCUT2D eigenvalue weighted by Crippen LogP contribution is 2.29. The van der Waals surface area contributed by atoms with Crippen LogP contribution in [0, 0.1) is 0 Å². The lowest BCUT2D eigenvalue weighted by Crippen LogP contribution is -2.56. The lowest BCUT2D eigenvalue weighted by atomic mass is 10.0. The Morgan fingerprint density at radius 3 is 2.71 bits per heavy atom. The molecule has 1 spiro atoms. The van der Waals surface area contributed by atoms with Gasteiger partial charge >= 0.3 is 6.03 Å². The molecule has 5 heteroatoms. The van der Waals surface area contributed by atoms with E-state index in [1.165, 1.54) is 0 Å². The average molecular weight is 241 g/mol. The number of morpholine rings is 1. The van der Waals surface area contributed by atoms with Crippen LogP contribution in [-0.2, 0) is 4.74 Å². The number of hydrogen-bond donors (Lipinski definition) is 0. The van der Waals surface area contributed by atoms with Gasteiger partial charge in [-0.25, -0.2) is 4.79 Å². The normalized spacial score (nSPS) is 29.9. The van der Waals surface area contributed by atoms with Gasteiger partial charge in [-0.2, -0.15) is 0 Å². The Labute approximate surface area is 103 Å². The first-order valence-corrected chi connectivity index (χ1v) is 6.39. The zero-order valence-corrected chi connectivity index (χ0v) is 11.1. The Balaban J connectivity index is 2.00. The van der Waals surface area contributed by atoms with Gasteiger partial charge in [-0.1, -0.05) is 6.92 Å². The average Bonchev–Trinajstić information content (AvgIpc) is 2.71. The van der Waals surface area contributed by atoms with Crippen molar-refractivity contribution in [3.05, 3.63) is 0 Å². The quantitative estimate of drug-likeness (QED) is 0.669. The maximum Gasteiger partial charge on any atom is 0.319 e. The summed E-state index contributed by atoms with van der Waals surface area (Å²) in [5, 5.41) is 0. The highest BCUT2D eigenvalue weighted by atomic mass is 16.5. The van der Waals surface area contributed by atoms with Crippen molar-refractivity contribution in [2.24, 2.45) is 0 Å². The Bertz CT molecular complexity index is 295. The molecule has 2 aliphatic rings. The molecule has 1 unspecified atom stereocenters. The number of ether oxygens (including phenoxy) is 1. The largest absolute Gasteiger partial charge is 0.370 e. The van der Waals surface area contributed by atoms with Crippen molar-refractivity contribution in [2.75, 3.05) is 53.4 Å². The van der Waals surface area contributed by atoms with E-state index in [0.717, 1.165) is 32.6 Å². The summed E-state index contributed by atoms with van der Waals surface area (Å²) in [6.45, 7) is 7.39. The van der Waals surface area contributed by atoms with Crippen LogP contribution >= 0.6 is 0 Å². The predicted molar refractivity (Wildman–Crippen MR) is 66.1 cm³/mol. The lowest BCUT2D eigenvalue weighted by Gasteiger charge is -2.41. The maximum atomic E-state index is 12.0. The molecule has 5 nitrogen and oxygen atoms in total. The van der Waals surface area contributed by atoms with Crippen molar-refractivity contribution in [3.8, 4) is 0 Å². The predicted octanol–water partition coefficient (Wildman–Crippen LogP) is 0.465. The Kier molecular flexibility index (Phi) is 3.58. The third-order valence-corrected chi connectivity index (χ3v) is 3.74. The minimum atomic E-state index is -0.111. The second-order valence-electron chi connectivity index (χ2n) is 5.25. The fraction of sp³-hybridized carbons (Fsp3) is 0.917. The van der Waals surface area contributed by atoms with Crippen LogP contribution in [0.1, 0.15) is 13.3 Å².